The van der Waals surface area contributed by atoms with Crippen molar-refractivity contribution < 1.29 is 14.3 Å². The van der Waals surface area contributed by atoms with Crippen molar-refractivity contribution in [2.45, 2.75) is 26.2 Å². The highest BCUT2D eigenvalue weighted by Gasteiger charge is 2.41. The summed E-state index contributed by atoms with van der Waals surface area (Å²) in [4.78, 5) is 31.8. The molecule has 2 aliphatic heterocycles. The van der Waals surface area contributed by atoms with Gasteiger partial charge in [-0.05, 0) is 43.7 Å². The number of nitrogens with one attached hydrogen (secondary N) is 1. The zero-order valence-electron chi connectivity index (χ0n) is 14.7. The Balaban J connectivity index is 1.47. The lowest BCUT2D eigenvalue weighted by Crippen LogP contribution is -2.49. The first-order chi connectivity index (χ1) is 12.1. The topological polar surface area (TPSA) is 74.8 Å². The fourth-order valence-corrected chi connectivity index (χ4v) is 3.77. The van der Waals surface area contributed by atoms with E-state index in [9.17, 15) is 9.59 Å². The van der Waals surface area contributed by atoms with Gasteiger partial charge < -0.3 is 19.9 Å². The molecule has 3 rings (SSSR count). The number of aromatic nitrogens is 1. The molecule has 1 spiro atoms. The van der Waals surface area contributed by atoms with Crippen LogP contribution in [0.4, 0.5) is 10.5 Å². The van der Waals surface area contributed by atoms with E-state index in [1.807, 2.05) is 12.4 Å². The standard InChI is InChI=1S/C18H26N4O3/c1-2-25-16(23)13-20-17(24)21-10-5-18(6-11-21)7-12-22(14-18)15-3-8-19-9-4-15/h3-4,8-9H,2,5-7,10-14H2,1H3,(H,20,24). The molecule has 2 saturated heterocycles. The second-order valence-electron chi connectivity index (χ2n) is 6.83. The quantitative estimate of drug-likeness (QED) is 0.839. The van der Waals surface area contributed by atoms with Gasteiger partial charge in [0.1, 0.15) is 6.54 Å². The van der Waals surface area contributed by atoms with Crippen LogP contribution in [0.5, 0.6) is 0 Å². The smallest absolute Gasteiger partial charge is 0.325 e. The molecule has 0 atom stereocenters. The fraction of sp³-hybridized carbons (Fsp3) is 0.611. The molecule has 7 heteroatoms. The van der Waals surface area contributed by atoms with E-state index in [0.717, 1.165) is 45.4 Å². The number of piperidine rings is 1. The molecular weight excluding hydrogens is 320 g/mol. The van der Waals surface area contributed by atoms with Crippen LogP contribution >= 0.6 is 0 Å². The van der Waals surface area contributed by atoms with Gasteiger partial charge >= 0.3 is 12.0 Å². The van der Waals surface area contributed by atoms with Gasteiger partial charge in [0.25, 0.3) is 0 Å². The van der Waals surface area contributed by atoms with Crippen LogP contribution in [0.25, 0.3) is 0 Å². The van der Waals surface area contributed by atoms with Crippen LogP contribution in [0.1, 0.15) is 26.2 Å². The second kappa shape index (κ2) is 7.72. The Bertz CT molecular complexity index is 600. The Labute approximate surface area is 148 Å². The van der Waals surface area contributed by atoms with E-state index >= 15 is 0 Å². The lowest BCUT2D eigenvalue weighted by Gasteiger charge is -2.39. The zero-order valence-corrected chi connectivity index (χ0v) is 14.7. The molecule has 25 heavy (non-hydrogen) atoms. The Morgan fingerprint density at radius 1 is 1.20 bits per heavy atom. The highest BCUT2D eigenvalue weighted by atomic mass is 16.5. The maximum atomic E-state index is 12.2. The fourth-order valence-electron chi connectivity index (χ4n) is 3.77. The number of esters is 1. The summed E-state index contributed by atoms with van der Waals surface area (Å²) in [5, 5.41) is 2.65. The Kier molecular flexibility index (Phi) is 5.40. The number of rotatable bonds is 4. The number of hydrogen-bond acceptors (Lipinski definition) is 5. The van der Waals surface area contributed by atoms with Crippen LogP contribution in [0.15, 0.2) is 24.5 Å². The first-order valence-electron chi connectivity index (χ1n) is 8.95. The van der Waals surface area contributed by atoms with Gasteiger partial charge in [-0.1, -0.05) is 0 Å². The van der Waals surface area contributed by atoms with Crippen LogP contribution in [0, 0.1) is 5.41 Å². The van der Waals surface area contributed by atoms with Gasteiger partial charge in [-0.15, -0.1) is 0 Å². The van der Waals surface area contributed by atoms with Crippen molar-refractivity contribution in [3.63, 3.8) is 0 Å². The van der Waals surface area contributed by atoms with Crippen LogP contribution in [-0.2, 0) is 9.53 Å². The molecule has 0 aromatic carbocycles. The lowest BCUT2D eigenvalue weighted by molar-refractivity contribution is -0.141. The number of urea groups is 1. The minimum Gasteiger partial charge on any atom is -0.465 e. The van der Waals surface area contributed by atoms with Crippen molar-refractivity contribution in [3.8, 4) is 0 Å². The van der Waals surface area contributed by atoms with E-state index in [1.54, 1.807) is 11.8 Å². The van der Waals surface area contributed by atoms with Gasteiger partial charge in [0, 0.05) is 44.3 Å². The van der Waals surface area contributed by atoms with E-state index in [-0.39, 0.29) is 12.6 Å². The Hall–Kier alpha value is -2.31. The van der Waals surface area contributed by atoms with Crippen LogP contribution < -0.4 is 10.2 Å². The monoisotopic (exact) mass is 346 g/mol. The van der Waals surface area contributed by atoms with Gasteiger partial charge in [0.15, 0.2) is 0 Å². The third-order valence-corrected chi connectivity index (χ3v) is 5.27. The maximum Gasteiger partial charge on any atom is 0.325 e. The summed E-state index contributed by atoms with van der Waals surface area (Å²) in [6.07, 6.45) is 6.82. The molecule has 1 aromatic heterocycles. The average molecular weight is 346 g/mol. The highest BCUT2D eigenvalue weighted by Crippen LogP contribution is 2.41. The van der Waals surface area contributed by atoms with Crippen molar-refractivity contribution in [3.05, 3.63) is 24.5 Å². The van der Waals surface area contributed by atoms with Gasteiger partial charge in [-0.3, -0.25) is 9.78 Å². The molecule has 0 unspecified atom stereocenters. The number of anilines is 1. The number of likely N-dealkylation sites (tertiary alicyclic amines) is 1. The van der Waals surface area contributed by atoms with Crippen molar-refractivity contribution in [1.29, 1.82) is 0 Å². The van der Waals surface area contributed by atoms with Crippen LogP contribution in [-0.4, -0.2) is 61.2 Å². The molecule has 0 aliphatic carbocycles. The van der Waals surface area contributed by atoms with Crippen LogP contribution in [0.3, 0.4) is 0 Å². The number of hydrogen-bond donors (Lipinski definition) is 1. The normalized spacial score (nSPS) is 19.1. The number of ether oxygens (including phenoxy) is 1. The molecule has 2 amide bonds. The van der Waals surface area contributed by atoms with E-state index in [1.165, 1.54) is 5.69 Å². The van der Waals surface area contributed by atoms with Crippen molar-refractivity contribution >= 4 is 17.7 Å². The predicted molar refractivity (Wildman–Crippen MR) is 94.3 cm³/mol. The van der Waals surface area contributed by atoms with Gasteiger partial charge in [0.05, 0.1) is 6.61 Å². The SMILES string of the molecule is CCOC(=O)CNC(=O)N1CCC2(CC1)CCN(c1ccncc1)C2. The highest BCUT2D eigenvalue weighted by molar-refractivity contribution is 5.80. The second-order valence-corrected chi connectivity index (χ2v) is 6.83. The third-order valence-electron chi connectivity index (χ3n) is 5.27. The van der Waals surface area contributed by atoms with Crippen LogP contribution in [0.2, 0.25) is 0 Å². The number of nitrogens with zero attached hydrogens (tertiary/aromatic N) is 3. The van der Waals surface area contributed by atoms with E-state index in [4.69, 9.17) is 4.74 Å². The lowest BCUT2D eigenvalue weighted by atomic mass is 9.78. The number of pyridine rings is 1. The van der Waals surface area contributed by atoms with Gasteiger partial charge in [-0.25, -0.2) is 4.79 Å². The molecule has 0 bridgehead atoms. The summed E-state index contributed by atoms with van der Waals surface area (Å²) < 4.78 is 4.83. The first kappa shape index (κ1) is 17.5. The zero-order chi connectivity index (χ0) is 17.7. The Morgan fingerprint density at radius 3 is 2.56 bits per heavy atom. The third kappa shape index (κ3) is 4.21. The summed E-state index contributed by atoms with van der Waals surface area (Å²) >= 11 is 0. The minimum atomic E-state index is -0.395. The minimum absolute atomic E-state index is 0.0653. The molecule has 1 N–H and O–H groups in total. The van der Waals surface area contributed by atoms with E-state index in [0.29, 0.717) is 12.0 Å². The summed E-state index contributed by atoms with van der Waals surface area (Å²) in [5.41, 5.74) is 1.52. The van der Waals surface area contributed by atoms with Gasteiger partial charge in [0.2, 0.25) is 0 Å². The Morgan fingerprint density at radius 2 is 1.88 bits per heavy atom. The van der Waals surface area contributed by atoms with Gasteiger partial charge in [-0.2, -0.15) is 0 Å². The molecule has 2 fully saturated rings. The summed E-state index contributed by atoms with van der Waals surface area (Å²) in [5.74, 6) is -0.395. The van der Waals surface area contributed by atoms with Crippen molar-refractivity contribution in [2.24, 2.45) is 5.41 Å². The molecule has 7 nitrogen and oxygen atoms in total. The van der Waals surface area contributed by atoms with E-state index < -0.39 is 5.97 Å². The number of carbonyl (C=O) groups is 2. The molecule has 3 heterocycles. The first-order valence-corrected chi connectivity index (χ1v) is 8.95. The molecule has 0 saturated carbocycles. The predicted octanol–water partition coefficient (Wildman–Crippen LogP) is 1.65. The van der Waals surface area contributed by atoms with Crippen molar-refractivity contribution in [2.75, 3.05) is 44.2 Å². The number of amides is 2. The molecular formula is C18H26N4O3. The summed E-state index contributed by atoms with van der Waals surface area (Å²) in [6.45, 7) is 5.58. The van der Waals surface area contributed by atoms with E-state index in [2.05, 4.69) is 27.3 Å². The summed E-state index contributed by atoms with van der Waals surface area (Å²) in [7, 11) is 0. The molecule has 2 aliphatic rings. The molecule has 0 radical (unpaired) electrons. The number of carbonyl (C=O) groups excluding carboxylic acids is 2. The summed E-state index contributed by atoms with van der Waals surface area (Å²) in [6, 6.07) is 3.93. The molecule has 1 aromatic rings. The maximum absolute atomic E-state index is 12.2. The average Bonchev–Trinajstić information content (AvgIpc) is 3.05. The largest absolute Gasteiger partial charge is 0.465 e. The molecule has 136 valence electrons. The van der Waals surface area contributed by atoms with Crippen molar-refractivity contribution in [1.82, 2.24) is 15.2 Å².